The molecule has 0 unspecified atom stereocenters. The molecule has 1 aliphatic rings. The van der Waals surface area contributed by atoms with Crippen LogP contribution in [0.25, 0.3) is 0 Å². The van der Waals surface area contributed by atoms with Gasteiger partial charge in [-0.15, -0.1) is 0 Å². The van der Waals surface area contributed by atoms with Gasteiger partial charge >= 0.3 is 0 Å². The van der Waals surface area contributed by atoms with Gasteiger partial charge < -0.3 is 0 Å². The van der Waals surface area contributed by atoms with E-state index >= 15 is 0 Å². The Balaban J connectivity index is 2.94. The fourth-order valence-electron chi connectivity index (χ4n) is 0.221. The molecule has 0 heterocycles. The highest BCUT2D eigenvalue weighted by Crippen LogP contribution is 1.73. The molecule has 0 atom stereocenters. The molecular formula is C5H2. The van der Waals surface area contributed by atoms with Crippen molar-refractivity contribution < 1.29 is 0 Å². The van der Waals surface area contributed by atoms with Gasteiger partial charge in [0.15, 0.2) is 0 Å². The van der Waals surface area contributed by atoms with E-state index in [4.69, 9.17) is 0 Å². The molecule has 0 aromatic rings. The van der Waals surface area contributed by atoms with Crippen LogP contribution in [-0.4, -0.2) is 0 Å². The zero-order valence-electron chi connectivity index (χ0n) is 2.71. The molecule has 5 heavy (non-hydrogen) atoms. The summed E-state index contributed by atoms with van der Waals surface area (Å²) in [5.41, 5.74) is 0. The van der Waals surface area contributed by atoms with E-state index in [2.05, 4.69) is 23.7 Å². The molecule has 0 spiro atoms. The zero-order chi connectivity index (χ0) is 3.54. The summed E-state index contributed by atoms with van der Waals surface area (Å²) in [5.74, 6) is 10.7. The number of hydrogen-bond donors (Lipinski definition) is 0. The summed E-state index contributed by atoms with van der Waals surface area (Å²) in [7, 11) is 0. The molecule has 0 fully saturated rings. The molecule has 0 aliphatic heterocycles. The highest BCUT2D eigenvalue weighted by molar-refractivity contribution is 5.34. The van der Waals surface area contributed by atoms with Crippen LogP contribution in [0.5, 0.6) is 0 Å². The Labute approximate surface area is 31.2 Å². The average Bonchev–Trinajstić information content (AvgIpc) is 1.76. The topological polar surface area (TPSA) is 0 Å². The van der Waals surface area contributed by atoms with Crippen LogP contribution in [0.15, 0.2) is 0 Å². The summed E-state index contributed by atoms with van der Waals surface area (Å²) in [6, 6.07) is 0. The minimum Gasteiger partial charge on any atom is -0.0760 e. The summed E-state index contributed by atoms with van der Waals surface area (Å²) < 4.78 is 0. The number of hydrogen-bond acceptors (Lipinski definition) is 0. The van der Waals surface area contributed by atoms with Crippen molar-refractivity contribution in [2.45, 2.75) is 6.42 Å². The highest BCUT2D eigenvalue weighted by Gasteiger charge is 1.67. The standard InChI is InChI=1S/C5H2/c1-2-4-5-3-1/h1H2. The van der Waals surface area contributed by atoms with Crippen molar-refractivity contribution >= 4 is 0 Å². The molecule has 0 bridgehead atoms. The van der Waals surface area contributed by atoms with Gasteiger partial charge in [-0.1, -0.05) is 11.8 Å². The minimum atomic E-state index is 0.778. The summed E-state index contributed by atoms with van der Waals surface area (Å²) in [5, 5.41) is 0. The van der Waals surface area contributed by atoms with Gasteiger partial charge in [0.1, 0.15) is 0 Å². The van der Waals surface area contributed by atoms with Crippen molar-refractivity contribution in [2.24, 2.45) is 0 Å². The molecule has 0 nitrogen and oxygen atoms in total. The summed E-state index contributed by atoms with van der Waals surface area (Å²) in [6.45, 7) is 0. The molecule has 0 aromatic carbocycles. The fourth-order valence-corrected chi connectivity index (χ4v) is 0.221. The van der Waals surface area contributed by atoms with Crippen LogP contribution >= 0.6 is 0 Å². The Morgan fingerprint density at radius 1 is 1.00 bits per heavy atom. The van der Waals surface area contributed by atoms with Gasteiger partial charge in [-0.25, -0.2) is 0 Å². The molecule has 1 aliphatic carbocycles. The molecule has 1 rings (SSSR count). The molecule has 0 saturated heterocycles. The monoisotopic (exact) mass is 62.0 g/mol. The Bertz CT molecular complexity index is 115. The first-order valence-electron chi connectivity index (χ1n) is 1.46. The molecule has 0 aromatic heterocycles. The second-order valence-corrected chi connectivity index (χ2v) is 0.780. The minimum absolute atomic E-state index is 0.778. The fraction of sp³-hybridized carbons (Fsp3) is 0.200. The van der Waals surface area contributed by atoms with E-state index in [1.54, 1.807) is 0 Å². The van der Waals surface area contributed by atoms with Crippen LogP contribution < -0.4 is 0 Å². The lowest BCUT2D eigenvalue weighted by Crippen LogP contribution is -1.42. The summed E-state index contributed by atoms with van der Waals surface area (Å²) >= 11 is 0. The van der Waals surface area contributed by atoms with Crippen LogP contribution in [-0.2, 0) is 0 Å². The second-order valence-electron chi connectivity index (χ2n) is 0.780. The maximum atomic E-state index is 2.75. The first-order valence-corrected chi connectivity index (χ1v) is 1.46. The Morgan fingerprint density at radius 3 is 1.80 bits per heavy atom. The van der Waals surface area contributed by atoms with Gasteiger partial charge in [-0.05, 0) is 11.8 Å². The van der Waals surface area contributed by atoms with E-state index < -0.39 is 0 Å². The van der Waals surface area contributed by atoms with E-state index in [0.717, 1.165) is 6.42 Å². The summed E-state index contributed by atoms with van der Waals surface area (Å²) in [4.78, 5) is 0. The van der Waals surface area contributed by atoms with Gasteiger partial charge in [-0.3, -0.25) is 0 Å². The quantitative estimate of drug-likeness (QED) is 0.356. The van der Waals surface area contributed by atoms with Crippen LogP contribution in [0, 0.1) is 23.7 Å². The van der Waals surface area contributed by atoms with Crippen molar-refractivity contribution in [1.82, 2.24) is 0 Å². The molecule has 22 valence electrons. The van der Waals surface area contributed by atoms with E-state index in [9.17, 15) is 0 Å². The van der Waals surface area contributed by atoms with E-state index in [0.29, 0.717) is 0 Å². The number of rotatable bonds is 0. The summed E-state index contributed by atoms with van der Waals surface area (Å²) in [6.07, 6.45) is 0.778. The van der Waals surface area contributed by atoms with Crippen LogP contribution in [0.3, 0.4) is 0 Å². The van der Waals surface area contributed by atoms with Crippen molar-refractivity contribution in [3.8, 4) is 23.7 Å². The lowest BCUT2D eigenvalue weighted by Gasteiger charge is -1.49. The second kappa shape index (κ2) is 0.826. The predicted molar refractivity (Wildman–Crippen MR) is 20.2 cm³/mol. The third-order valence-electron chi connectivity index (χ3n) is 0.416. The van der Waals surface area contributed by atoms with E-state index in [1.165, 1.54) is 0 Å². The van der Waals surface area contributed by atoms with Crippen molar-refractivity contribution in [3.63, 3.8) is 0 Å². The van der Waals surface area contributed by atoms with Gasteiger partial charge in [-0.2, -0.15) is 0 Å². The van der Waals surface area contributed by atoms with Gasteiger partial charge in [0.2, 0.25) is 0 Å². The Kier molecular flexibility index (Phi) is 0.390. The maximum absolute atomic E-state index is 2.75. The van der Waals surface area contributed by atoms with Gasteiger partial charge in [0.25, 0.3) is 0 Å². The van der Waals surface area contributed by atoms with E-state index in [1.807, 2.05) is 0 Å². The van der Waals surface area contributed by atoms with E-state index in [-0.39, 0.29) is 0 Å². The SMILES string of the molecule is C1#CCC#C1. The smallest absolute Gasteiger partial charge is 0.0723 e. The molecular weight excluding hydrogens is 60.1 g/mol. The first kappa shape index (κ1) is 2.36. The molecule has 0 N–H and O–H groups in total. The third kappa shape index (κ3) is 0.231. The highest BCUT2D eigenvalue weighted by atomic mass is 13.7. The van der Waals surface area contributed by atoms with Crippen LogP contribution in [0.1, 0.15) is 6.42 Å². The molecule has 0 saturated carbocycles. The van der Waals surface area contributed by atoms with Crippen molar-refractivity contribution in [3.05, 3.63) is 0 Å². The van der Waals surface area contributed by atoms with Crippen LogP contribution in [0.2, 0.25) is 0 Å². The van der Waals surface area contributed by atoms with Gasteiger partial charge in [0.05, 0.1) is 6.42 Å². The third-order valence-corrected chi connectivity index (χ3v) is 0.416. The normalized spacial score (nSPS) is 11.2. The maximum Gasteiger partial charge on any atom is 0.0723 e. The zero-order valence-corrected chi connectivity index (χ0v) is 2.71. The first-order chi connectivity index (χ1) is 2.50. The lowest BCUT2D eigenvalue weighted by molar-refractivity contribution is 1.59. The molecule has 0 amide bonds. The van der Waals surface area contributed by atoms with Crippen LogP contribution in [0.4, 0.5) is 0 Å². The molecule has 0 heteroatoms. The Morgan fingerprint density at radius 2 is 1.60 bits per heavy atom. The average molecular weight is 62.1 g/mol. The largest absolute Gasteiger partial charge is 0.0760 e. The Hall–Kier alpha value is -0.880. The van der Waals surface area contributed by atoms with Gasteiger partial charge in [0, 0.05) is 0 Å². The predicted octanol–water partition coefficient (Wildman–Crippen LogP) is 0.397. The molecule has 0 radical (unpaired) electrons. The lowest BCUT2D eigenvalue weighted by atomic mass is 10.5. The van der Waals surface area contributed by atoms with Crippen molar-refractivity contribution in [1.29, 1.82) is 0 Å². The van der Waals surface area contributed by atoms with Crippen molar-refractivity contribution in [2.75, 3.05) is 0 Å².